The molecule has 1 aromatic rings. The van der Waals surface area contributed by atoms with Crippen LogP contribution in [0.4, 0.5) is 9.59 Å². The highest BCUT2D eigenvalue weighted by Crippen LogP contribution is 2.25. The van der Waals surface area contributed by atoms with Crippen LogP contribution in [0, 0.1) is 0 Å². The molecule has 0 saturated carbocycles. The van der Waals surface area contributed by atoms with Gasteiger partial charge in [0.05, 0.1) is 6.54 Å². The average molecular weight is 289 g/mol. The maximum Gasteiger partial charge on any atom is 0.415 e. The Balaban J connectivity index is 1.70. The third-order valence-corrected chi connectivity index (χ3v) is 3.71. The molecule has 2 aliphatic rings. The highest BCUT2D eigenvalue weighted by molar-refractivity contribution is 6.07. The number of ether oxygens (including phenoxy) is 1. The first-order chi connectivity index (χ1) is 10.1. The fraction of sp³-hybridized carbons (Fsp3) is 0.357. The van der Waals surface area contributed by atoms with E-state index in [1.807, 2.05) is 6.07 Å². The summed E-state index contributed by atoms with van der Waals surface area (Å²) in [5, 5.41) is 4.84. The van der Waals surface area contributed by atoms with Crippen LogP contribution in [0.15, 0.2) is 30.3 Å². The van der Waals surface area contributed by atoms with E-state index < -0.39 is 17.7 Å². The molecule has 2 saturated heterocycles. The van der Waals surface area contributed by atoms with Crippen molar-refractivity contribution >= 4 is 18.0 Å². The minimum atomic E-state index is -1.02. The number of urea groups is 1. The van der Waals surface area contributed by atoms with Crippen LogP contribution >= 0.6 is 0 Å². The number of piperidine rings is 1. The molecule has 1 spiro atoms. The number of benzene rings is 1. The fourth-order valence-corrected chi connectivity index (χ4v) is 2.68. The Bertz CT molecular complexity index is 589. The SMILES string of the molecule is O=C1NC(=O)C2(CCCN(C(=O)Oc3ccccc3)C2)N1. The van der Waals surface area contributed by atoms with Crippen molar-refractivity contribution in [2.45, 2.75) is 18.4 Å². The number of imide groups is 1. The average Bonchev–Trinajstić information content (AvgIpc) is 2.74. The molecule has 1 aromatic carbocycles. The van der Waals surface area contributed by atoms with Crippen LogP contribution in [-0.2, 0) is 4.79 Å². The molecule has 3 rings (SSSR count). The third-order valence-electron chi connectivity index (χ3n) is 3.71. The van der Waals surface area contributed by atoms with Gasteiger partial charge >= 0.3 is 12.1 Å². The van der Waals surface area contributed by atoms with Crippen molar-refractivity contribution in [1.29, 1.82) is 0 Å². The first-order valence-corrected chi connectivity index (χ1v) is 6.74. The number of amides is 4. The van der Waals surface area contributed by atoms with Crippen LogP contribution in [0.3, 0.4) is 0 Å². The Morgan fingerprint density at radius 2 is 2.00 bits per heavy atom. The van der Waals surface area contributed by atoms with Crippen molar-refractivity contribution in [3.05, 3.63) is 30.3 Å². The number of hydrogen-bond donors (Lipinski definition) is 2. The molecular formula is C14H15N3O4. The summed E-state index contributed by atoms with van der Waals surface area (Å²) in [5.74, 6) is 0.0618. The number of para-hydroxylation sites is 1. The molecule has 2 aliphatic heterocycles. The zero-order valence-electron chi connectivity index (χ0n) is 11.3. The van der Waals surface area contributed by atoms with Gasteiger partial charge in [-0.2, -0.15) is 0 Å². The van der Waals surface area contributed by atoms with Crippen molar-refractivity contribution in [3.8, 4) is 5.75 Å². The summed E-state index contributed by atoms with van der Waals surface area (Å²) < 4.78 is 5.26. The van der Waals surface area contributed by atoms with Crippen molar-refractivity contribution < 1.29 is 19.1 Å². The Kier molecular flexibility index (Phi) is 3.25. The van der Waals surface area contributed by atoms with Gasteiger partial charge < -0.3 is 15.0 Å². The first kappa shape index (κ1) is 13.4. The van der Waals surface area contributed by atoms with Gasteiger partial charge in [-0.15, -0.1) is 0 Å². The molecule has 7 heteroatoms. The van der Waals surface area contributed by atoms with E-state index in [9.17, 15) is 14.4 Å². The second-order valence-corrected chi connectivity index (χ2v) is 5.20. The maximum absolute atomic E-state index is 12.2. The monoisotopic (exact) mass is 289 g/mol. The van der Waals surface area contributed by atoms with Crippen LogP contribution in [0.25, 0.3) is 0 Å². The number of carbonyl (C=O) groups is 3. The van der Waals surface area contributed by atoms with Crippen LogP contribution in [-0.4, -0.2) is 41.6 Å². The van der Waals surface area contributed by atoms with Gasteiger partial charge in [0.25, 0.3) is 5.91 Å². The number of nitrogens with zero attached hydrogens (tertiary/aromatic N) is 1. The quantitative estimate of drug-likeness (QED) is 0.751. The summed E-state index contributed by atoms with van der Waals surface area (Å²) in [4.78, 5) is 36.8. The lowest BCUT2D eigenvalue weighted by Gasteiger charge is -2.37. The lowest BCUT2D eigenvalue weighted by atomic mass is 9.89. The van der Waals surface area contributed by atoms with Gasteiger partial charge in [0, 0.05) is 6.54 Å². The van der Waals surface area contributed by atoms with Crippen LogP contribution < -0.4 is 15.4 Å². The minimum Gasteiger partial charge on any atom is -0.410 e. The number of rotatable bonds is 1. The highest BCUT2D eigenvalue weighted by atomic mass is 16.6. The van der Waals surface area contributed by atoms with Gasteiger partial charge in [0.1, 0.15) is 11.3 Å². The standard InChI is InChI=1S/C14H15N3O4/c18-11-14(16-12(19)15-11)7-4-8-17(9-14)13(20)21-10-5-2-1-3-6-10/h1-3,5-6H,4,7-9H2,(H2,15,16,18,19). The summed E-state index contributed by atoms with van der Waals surface area (Å²) in [7, 11) is 0. The Morgan fingerprint density at radius 3 is 2.67 bits per heavy atom. The smallest absolute Gasteiger partial charge is 0.410 e. The number of carbonyl (C=O) groups excluding carboxylic acids is 3. The topological polar surface area (TPSA) is 87.7 Å². The summed E-state index contributed by atoms with van der Waals surface area (Å²) in [6, 6.07) is 8.21. The normalized spacial score (nSPS) is 24.7. The highest BCUT2D eigenvalue weighted by Gasteiger charge is 2.49. The molecule has 4 amide bonds. The zero-order valence-corrected chi connectivity index (χ0v) is 11.3. The lowest BCUT2D eigenvalue weighted by molar-refractivity contribution is -0.125. The van der Waals surface area contributed by atoms with Crippen molar-refractivity contribution in [3.63, 3.8) is 0 Å². The minimum absolute atomic E-state index is 0.121. The molecule has 2 N–H and O–H groups in total. The maximum atomic E-state index is 12.2. The van der Waals surface area contributed by atoms with E-state index in [0.717, 1.165) is 0 Å². The number of hydrogen-bond acceptors (Lipinski definition) is 4. The molecule has 1 unspecified atom stereocenters. The van der Waals surface area contributed by atoms with E-state index in [0.29, 0.717) is 25.1 Å². The lowest BCUT2D eigenvalue weighted by Crippen LogP contribution is -2.60. The summed E-state index contributed by atoms with van der Waals surface area (Å²) >= 11 is 0. The van der Waals surface area contributed by atoms with Gasteiger partial charge in [-0.05, 0) is 25.0 Å². The number of likely N-dealkylation sites (tertiary alicyclic amines) is 1. The van der Waals surface area contributed by atoms with E-state index in [4.69, 9.17) is 4.74 Å². The van der Waals surface area contributed by atoms with Gasteiger partial charge in [0.15, 0.2) is 0 Å². The van der Waals surface area contributed by atoms with Gasteiger partial charge in [-0.1, -0.05) is 18.2 Å². The molecular weight excluding hydrogens is 274 g/mol. The third kappa shape index (κ3) is 2.54. The van der Waals surface area contributed by atoms with E-state index in [2.05, 4.69) is 10.6 Å². The van der Waals surface area contributed by atoms with E-state index in [1.54, 1.807) is 24.3 Å². The Labute approximate surface area is 121 Å². The molecule has 21 heavy (non-hydrogen) atoms. The molecule has 0 aromatic heterocycles. The predicted molar refractivity (Wildman–Crippen MR) is 72.7 cm³/mol. The first-order valence-electron chi connectivity index (χ1n) is 6.74. The fourth-order valence-electron chi connectivity index (χ4n) is 2.68. The Morgan fingerprint density at radius 1 is 1.24 bits per heavy atom. The second-order valence-electron chi connectivity index (χ2n) is 5.20. The largest absolute Gasteiger partial charge is 0.415 e. The predicted octanol–water partition coefficient (Wildman–Crippen LogP) is 0.859. The molecule has 0 radical (unpaired) electrons. The molecule has 7 nitrogen and oxygen atoms in total. The van der Waals surface area contributed by atoms with E-state index in [-0.39, 0.29) is 12.5 Å². The van der Waals surface area contributed by atoms with Crippen LogP contribution in [0.5, 0.6) is 5.75 Å². The Hall–Kier alpha value is -2.57. The molecule has 2 heterocycles. The molecule has 0 aliphatic carbocycles. The molecule has 2 fully saturated rings. The molecule has 0 bridgehead atoms. The molecule has 110 valence electrons. The number of nitrogens with one attached hydrogen (secondary N) is 2. The van der Waals surface area contributed by atoms with Gasteiger partial charge in [-0.25, -0.2) is 9.59 Å². The van der Waals surface area contributed by atoms with Crippen LogP contribution in [0.1, 0.15) is 12.8 Å². The van der Waals surface area contributed by atoms with Crippen molar-refractivity contribution in [2.24, 2.45) is 0 Å². The summed E-state index contributed by atoms with van der Waals surface area (Å²) in [6.07, 6.45) is 0.617. The van der Waals surface area contributed by atoms with Crippen molar-refractivity contribution in [2.75, 3.05) is 13.1 Å². The van der Waals surface area contributed by atoms with Gasteiger partial charge in [0.2, 0.25) is 0 Å². The zero-order chi connectivity index (χ0) is 14.9. The summed E-state index contributed by atoms with van der Waals surface area (Å²) in [6.45, 7) is 0.618. The second kappa shape index (κ2) is 5.08. The van der Waals surface area contributed by atoms with E-state index >= 15 is 0 Å². The van der Waals surface area contributed by atoms with Crippen molar-refractivity contribution in [1.82, 2.24) is 15.5 Å². The molecule has 1 atom stereocenters. The summed E-state index contributed by atoms with van der Waals surface area (Å²) in [5.41, 5.74) is -1.02. The van der Waals surface area contributed by atoms with Crippen LogP contribution in [0.2, 0.25) is 0 Å². The van der Waals surface area contributed by atoms with E-state index in [1.165, 1.54) is 4.90 Å². The van der Waals surface area contributed by atoms with Gasteiger partial charge in [-0.3, -0.25) is 10.1 Å².